The zero-order valence-electron chi connectivity index (χ0n) is 17.9. The van der Waals surface area contributed by atoms with E-state index in [0.29, 0.717) is 22.8 Å². The molecule has 2 N–H and O–H groups in total. The van der Waals surface area contributed by atoms with Crippen molar-refractivity contribution in [3.8, 4) is 11.1 Å². The number of carbonyl (C=O) groups is 2. The lowest BCUT2D eigenvalue weighted by atomic mass is 9.92. The molecular formula is C23H22ClFN4O3S. The number of aromatic nitrogens is 1. The maximum atomic E-state index is 15.3. The van der Waals surface area contributed by atoms with Crippen molar-refractivity contribution >= 4 is 45.1 Å². The van der Waals surface area contributed by atoms with E-state index in [1.165, 1.54) is 11.3 Å². The fourth-order valence-electron chi connectivity index (χ4n) is 4.34. The summed E-state index contributed by atoms with van der Waals surface area (Å²) in [6.07, 6.45) is 2.30. The van der Waals surface area contributed by atoms with Crippen LogP contribution in [0.25, 0.3) is 21.3 Å². The Labute approximate surface area is 198 Å². The molecule has 4 heterocycles. The second-order valence-electron chi connectivity index (χ2n) is 8.16. The van der Waals surface area contributed by atoms with E-state index < -0.39 is 11.8 Å². The summed E-state index contributed by atoms with van der Waals surface area (Å²) in [4.78, 5) is 29.5. The van der Waals surface area contributed by atoms with Gasteiger partial charge in [0.25, 0.3) is 0 Å². The van der Waals surface area contributed by atoms with Gasteiger partial charge in [-0.2, -0.15) is 0 Å². The van der Waals surface area contributed by atoms with Gasteiger partial charge in [-0.3, -0.25) is 14.7 Å². The summed E-state index contributed by atoms with van der Waals surface area (Å²) in [5, 5.41) is 6.41. The van der Waals surface area contributed by atoms with Crippen molar-refractivity contribution in [3.63, 3.8) is 0 Å². The van der Waals surface area contributed by atoms with Gasteiger partial charge < -0.3 is 15.4 Å². The molecule has 0 saturated carbocycles. The molecule has 0 unspecified atom stereocenters. The van der Waals surface area contributed by atoms with Crippen molar-refractivity contribution in [1.82, 2.24) is 20.5 Å². The molecule has 3 amide bonds. The lowest BCUT2D eigenvalue weighted by Gasteiger charge is -2.25. The first-order chi connectivity index (χ1) is 15.9. The smallest absolute Gasteiger partial charge is 0.324 e. The number of halogens is 2. The number of thiophene rings is 1. The van der Waals surface area contributed by atoms with Gasteiger partial charge in [0.2, 0.25) is 5.91 Å². The Morgan fingerprint density at radius 1 is 1.33 bits per heavy atom. The SMILES string of the molecule is Cc1cc(Cl)cc(-c2ccnc3c(F)c(CN4C(=O)CNC4=O)sc23)c1C[C@@H]1CNCCO1. The third-order valence-electron chi connectivity index (χ3n) is 5.99. The number of rotatable bonds is 5. The van der Waals surface area contributed by atoms with E-state index >= 15 is 4.39 Å². The highest BCUT2D eigenvalue weighted by atomic mass is 35.5. The summed E-state index contributed by atoms with van der Waals surface area (Å²) >= 11 is 7.63. The predicted octanol–water partition coefficient (Wildman–Crippen LogP) is 3.65. The molecule has 0 aliphatic carbocycles. The number of hydrogen-bond acceptors (Lipinski definition) is 6. The molecule has 7 nitrogen and oxygen atoms in total. The molecule has 33 heavy (non-hydrogen) atoms. The Bertz CT molecular complexity index is 1240. The van der Waals surface area contributed by atoms with Gasteiger partial charge in [-0.1, -0.05) is 11.6 Å². The number of imide groups is 1. The van der Waals surface area contributed by atoms with Crippen LogP contribution in [0.1, 0.15) is 16.0 Å². The molecular weight excluding hydrogens is 467 g/mol. The Morgan fingerprint density at radius 3 is 2.91 bits per heavy atom. The minimum Gasteiger partial charge on any atom is -0.375 e. The van der Waals surface area contributed by atoms with Crippen LogP contribution < -0.4 is 10.6 Å². The van der Waals surface area contributed by atoms with E-state index in [1.807, 2.05) is 25.1 Å². The fraction of sp³-hybridized carbons (Fsp3) is 0.348. The Balaban J connectivity index is 1.59. The molecule has 2 fully saturated rings. The number of aryl methyl sites for hydroxylation is 1. The fourth-order valence-corrected chi connectivity index (χ4v) is 5.77. The number of hydrogen-bond donors (Lipinski definition) is 2. The molecule has 1 aromatic carbocycles. The van der Waals surface area contributed by atoms with Crippen LogP contribution in [0.3, 0.4) is 0 Å². The van der Waals surface area contributed by atoms with Crippen LogP contribution >= 0.6 is 22.9 Å². The molecule has 0 bridgehead atoms. The molecule has 0 radical (unpaired) electrons. The molecule has 2 aromatic heterocycles. The predicted molar refractivity (Wildman–Crippen MR) is 125 cm³/mol. The second kappa shape index (κ2) is 8.98. The van der Waals surface area contributed by atoms with Gasteiger partial charge in [-0.25, -0.2) is 9.18 Å². The highest BCUT2D eigenvalue weighted by Gasteiger charge is 2.31. The van der Waals surface area contributed by atoms with Gasteiger partial charge in [-0.05, 0) is 41.8 Å². The molecule has 1 atom stereocenters. The molecule has 0 spiro atoms. The van der Waals surface area contributed by atoms with Crippen LogP contribution in [-0.4, -0.2) is 54.2 Å². The largest absolute Gasteiger partial charge is 0.375 e. The first-order valence-corrected chi connectivity index (χ1v) is 11.9. The lowest BCUT2D eigenvalue weighted by molar-refractivity contribution is -0.125. The Kier molecular flexibility index (Phi) is 6.05. The zero-order chi connectivity index (χ0) is 23.1. The first-order valence-electron chi connectivity index (χ1n) is 10.7. The molecule has 5 rings (SSSR count). The Hall–Kier alpha value is -2.59. The number of amides is 3. The molecule has 2 saturated heterocycles. The summed E-state index contributed by atoms with van der Waals surface area (Å²) < 4.78 is 21.9. The van der Waals surface area contributed by atoms with Gasteiger partial charge in [0.15, 0.2) is 5.82 Å². The summed E-state index contributed by atoms with van der Waals surface area (Å²) in [6.45, 7) is 4.07. The third kappa shape index (κ3) is 4.21. The number of benzene rings is 1. The van der Waals surface area contributed by atoms with E-state index in [2.05, 4.69) is 15.6 Å². The number of morpholine rings is 1. The number of ether oxygens (including phenoxy) is 1. The number of nitrogens with one attached hydrogen (secondary N) is 2. The first kappa shape index (κ1) is 22.2. The monoisotopic (exact) mass is 488 g/mol. The van der Waals surface area contributed by atoms with Gasteiger partial charge in [0, 0.05) is 36.3 Å². The van der Waals surface area contributed by atoms with Crippen molar-refractivity contribution in [2.24, 2.45) is 0 Å². The number of pyridine rings is 1. The van der Waals surface area contributed by atoms with E-state index in [9.17, 15) is 9.59 Å². The maximum absolute atomic E-state index is 15.3. The standard InChI is InChI=1S/C23H22ClFN4O3S/c1-12-6-13(24)7-17(16(12)8-14-9-26-4-5-32-14)15-2-3-27-21-20(25)18(33-22(15)21)11-29-19(30)10-28-23(29)31/h2-3,6-7,14,26H,4-5,8-11H2,1H3,(H,28,31)/t14-/m1/s1. The van der Waals surface area contributed by atoms with Crippen LogP contribution in [-0.2, 0) is 22.5 Å². The highest BCUT2D eigenvalue weighted by molar-refractivity contribution is 7.19. The molecule has 2 aliphatic heterocycles. The van der Waals surface area contributed by atoms with E-state index in [0.717, 1.165) is 40.2 Å². The second-order valence-corrected chi connectivity index (χ2v) is 9.71. The van der Waals surface area contributed by atoms with Crippen molar-refractivity contribution in [1.29, 1.82) is 0 Å². The van der Waals surface area contributed by atoms with Crippen LogP contribution in [0.5, 0.6) is 0 Å². The van der Waals surface area contributed by atoms with Crippen LogP contribution in [0.4, 0.5) is 9.18 Å². The average molecular weight is 489 g/mol. The lowest BCUT2D eigenvalue weighted by Crippen LogP contribution is -2.39. The maximum Gasteiger partial charge on any atom is 0.324 e. The minimum absolute atomic E-state index is 0.0324. The van der Waals surface area contributed by atoms with E-state index in [4.69, 9.17) is 16.3 Å². The van der Waals surface area contributed by atoms with Crippen molar-refractivity contribution in [3.05, 3.63) is 51.2 Å². The van der Waals surface area contributed by atoms with Crippen molar-refractivity contribution < 1.29 is 18.7 Å². The summed E-state index contributed by atoms with van der Waals surface area (Å²) in [5.74, 6) is -0.886. The van der Waals surface area contributed by atoms with Crippen molar-refractivity contribution in [2.45, 2.75) is 26.0 Å². The highest BCUT2D eigenvalue weighted by Crippen LogP contribution is 2.40. The van der Waals surface area contributed by atoms with Gasteiger partial charge in [0.1, 0.15) is 5.52 Å². The third-order valence-corrected chi connectivity index (χ3v) is 7.38. The number of carbonyl (C=O) groups excluding carboxylic acids is 2. The average Bonchev–Trinajstić information content (AvgIpc) is 3.30. The minimum atomic E-state index is -0.515. The number of nitrogens with zero attached hydrogens (tertiary/aromatic N) is 2. The quantitative estimate of drug-likeness (QED) is 0.536. The molecule has 3 aromatic rings. The van der Waals surface area contributed by atoms with Gasteiger partial charge in [-0.15, -0.1) is 11.3 Å². The zero-order valence-corrected chi connectivity index (χ0v) is 19.5. The molecule has 10 heteroatoms. The number of urea groups is 1. The summed E-state index contributed by atoms with van der Waals surface area (Å²) in [5.41, 5.74) is 4.07. The number of fused-ring (bicyclic) bond motifs is 1. The topological polar surface area (TPSA) is 83.6 Å². The van der Waals surface area contributed by atoms with Gasteiger partial charge >= 0.3 is 6.03 Å². The van der Waals surface area contributed by atoms with Crippen LogP contribution in [0, 0.1) is 12.7 Å². The van der Waals surface area contributed by atoms with Crippen molar-refractivity contribution in [2.75, 3.05) is 26.2 Å². The summed E-state index contributed by atoms with van der Waals surface area (Å²) in [6, 6.07) is 5.15. The normalized spacial score (nSPS) is 18.9. The Morgan fingerprint density at radius 2 is 2.18 bits per heavy atom. The van der Waals surface area contributed by atoms with Crippen LogP contribution in [0.2, 0.25) is 5.02 Å². The van der Waals surface area contributed by atoms with E-state index in [-0.39, 0.29) is 35.5 Å². The van der Waals surface area contributed by atoms with E-state index in [1.54, 1.807) is 6.20 Å². The van der Waals surface area contributed by atoms with Crippen LogP contribution in [0.15, 0.2) is 24.4 Å². The summed E-state index contributed by atoms with van der Waals surface area (Å²) in [7, 11) is 0. The molecule has 172 valence electrons. The van der Waals surface area contributed by atoms with Gasteiger partial charge in [0.05, 0.1) is 35.4 Å². The molecule has 2 aliphatic rings.